The van der Waals surface area contributed by atoms with E-state index in [9.17, 15) is 4.79 Å². The Bertz CT molecular complexity index is 436. The summed E-state index contributed by atoms with van der Waals surface area (Å²) in [5.74, 6) is -0.842. The maximum absolute atomic E-state index is 11.1. The number of aromatic carboxylic acids is 1. The first-order valence-electron chi connectivity index (χ1n) is 5.99. The molecule has 0 radical (unpaired) electrons. The van der Waals surface area contributed by atoms with Gasteiger partial charge in [-0.25, -0.2) is 4.79 Å². The number of aryl methyl sites for hydroxylation is 1. The van der Waals surface area contributed by atoms with Crippen LogP contribution in [0.2, 0.25) is 0 Å². The highest BCUT2D eigenvalue weighted by atomic mass is 16.5. The van der Waals surface area contributed by atoms with E-state index in [1.54, 1.807) is 13.2 Å². The highest BCUT2D eigenvalue weighted by molar-refractivity contribution is 5.89. The molecule has 94 valence electrons. The molecule has 1 aliphatic rings. The van der Waals surface area contributed by atoms with Crippen molar-refractivity contribution in [1.82, 2.24) is 4.57 Å². The Morgan fingerprint density at radius 2 is 2.18 bits per heavy atom. The zero-order chi connectivity index (χ0) is 12.6. The third-order valence-corrected chi connectivity index (χ3v) is 3.77. The number of nitrogens with zero attached hydrogens (tertiary/aromatic N) is 1. The molecule has 0 spiro atoms. The smallest absolute Gasteiger partial charge is 0.337 e. The van der Waals surface area contributed by atoms with Crippen molar-refractivity contribution in [2.45, 2.75) is 45.3 Å². The standard InChI is InChI=1S/C13H19NO3/c1-8-6-12(13(15)16)9(2)14(8)10-4-5-11(7-10)17-3/h6,10-11H,4-5,7H2,1-3H3,(H,15,16). The molecule has 0 aliphatic heterocycles. The Labute approximate surface area is 101 Å². The lowest BCUT2D eigenvalue weighted by molar-refractivity contribution is 0.0696. The minimum Gasteiger partial charge on any atom is -0.478 e. The number of methoxy groups -OCH3 is 1. The van der Waals surface area contributed by atoms with Crippen LogP contribution in [0.15, 0.2) is 6.07 Å². The normalized spacial score (nSPS) is 24.2. The van der Waals surface area contributed by atoms with Crippen LogP contribution < -0.4 is 0 Å². The number of aromatic nitrogens is 1. The van der Waals surface area contributed by atoms with Crippen LogP contribution in [0.3, 0.4) is 0 Å². The van der Waals surface area contributed by atoms with Crippen molar-refractivity contribution in [3.63, 3.8) is 0 Å². The molecule has 1 aliphatic carbocycles. The number of ether oxygens (including phenoxy) is 1. The SMILES string of the molecule is COC1CCC(n2c(C)cc(C(=O)O)c2C)C1. The summed E-state index contributed by atoms with van der Waals surface area (Å²) < 4.78 is 7.52. The molecule has 1 aromatic heterocycles. The van der Waals surface area contributed by atoms with Gasteiger partial charge < -0.3 is 14.4 Å². The summed E-state index contributed by atoms with van der Waals surface area (Å²) in [7, 11) is 1.74. The van der Waals surface area contributed by atoms with Crippen LogP contribution >= 0.6 is 0 Å². The minimum atomic E-state index is -0.842. The van der Waals surface area contributed by atoms with E-state index >= 15 is 0 Å². The van der Waals surface area contributed by atoms with Crippen molar-refractivity contribution in [2.24, 2.45) is 0 Å². The van der Waals surface area contributed by atoms with Gasteiger partial charge in [-0.05, 0) is 39.2 Å². The first-order valence-corrected chi connectivity index (χ1v) is 5.99. The van der Waals surface area contributed by atoms with E-state index in [-0.39, 0.29) is 0 Å². The third-order valence-electron chi connectivity index (χ3n) is 3.77. The van der Waals surface area contributed by atoms with Crippen molar-refractivity contribution in [2.75, 3.05) is 7.11 Å². The molecule has 17 heavy (non-hydrogen) atoms. The molecule has 1 saturated carbocycles. The Morgan fingerprint density at radius 3 is 2.65 bits per heavy atom. The molecule has 2 unspecified atom stereocenters. The molecule has 0 saturated heterocycles. The van der Waals surface area contributed by atoms with Gasteiger partial charge in [-0.15, -0.1) is 0 Å². The molecule has 1 aromatic rings. The van der Waals surface area contributed by atoms with Gasteiger partial charge in [-0.2, -0.15) is 0 Å². The largest absolute Gasteiger partial charge is 0.478 e. The molecule has 1 heterocycles. The van der Waals surface area contributed by atoms with Crippen LogP contribution in [0, 0.1) is 13.8 Å². The fourth-order valence-corrected chi connectivity index (χ4v) is 2.92. The van der Waals surface area contributed by atoms with Gasteiger partial charge in [0.2, 0.25) is 0 Å². The molecule has 0 aromatic carbocycles. The van der Waals surface area contributed by atoms with Crippen LogP contribution in [0.25, 0.3) is 0 Å². The molecule has 1 fully saturated rings. The molecule has 4 nitrogen and oxygen atoms in total. The maximum atomic E-state index is 11.1. The topological polar surface area (TPSA) is 51.5 Å². The van der Waals surface area contributed by atoms with E-state index in [0.29, 0.717) is 17.7 Å². The lowest BCUT2D eigenvalue weighted by Gasteiger charge is -2.17. The van der Waals surface area contributed by atoms with Crippen molar-refractivity contribution in [3.05, 3.63) is 23.0 Å². The second-order valence-corrected chi connectivity index (χ2v) is 4.78. The Balaban J connectivity index is 2.30. The van der Waals surface area contributed by atoms with Crippen LogP contribution in [0.1, 0.15) is 47.1 Å². The monoisotopic (exact) mass is 237 g/mol. The second kappa shape index (κ2) is 4.53. The fourth-order valence-electron chi connectivity index (χ4n) is 2.92. The van der Waals surface area contributed by atoms with Gasteiger partial charge in [-0.3, -0.25) is 0 Å². The number of rotatable bonds is 3. The summed E-state index contributed by atoms with van der Waals surface area (Å²) in [6, 6.07) is 2.14. The highest BCUT2D eigenvalue weighted by Gasteiger charge is 2.28. The van der Waals surface area contributed by atoms with Gasteiger partial charge in [0.1, 0.15) is 0 Å². The number of carboxylic acids is 1. The molecule has 1 N–H and O–H groups in total. The van der Waals surface area contributed by atoms with Gasteiger partial charge in [-0.1, -0.05) is 0 Å². The Morgan fingerprint density at radius 1 is 1.47 bits per heavy atom. The highest BCUT2D eigenvalue weighted by Crippen LogP contribution is 2.34. The van der Waals surface area contributed by atoms with Crippen LogP contribution in [0.4, 0.5) is 0 Å². The summed E-state index contributed by atoms with van der Waals surface area (Å²) in [5, 5.41) is 9.11. The minimum absolute atomic E-state index is 0.314. The molecular weight excluding hydrogens is 218 g/mol. The number of hydrogen-bond donors (Lipinski definition) is 1. The van der Waals surface area contributed by atoms with E-state index in [4.69, 9.17) is 9.84 Å². The van der Waals surface area contributed by atoms with Crippen LogP contribution in [-0.2, 0) is 4.74 Å². The van der Waals surface area contributed by atoms with Crippen LogP contribution in [0.5, 0.6) is 0 Å². The van der Waals surface area contributed by atoms with Crippen molar-refractivity contribution < 1.29 is 14.6 Å². The van der Waals surface area contributed by atoms with E-state index in [1.165, 1.54) is 0 Å². The van der Waals surface area contributed by atoms with Crippen molar-refractivity contribution in [1.29, 1.82) is 0 Å². The lowest BCUT2D eigenvalue weighted by Crippen LogP contribution is -2.12. The average molecular weight is 237 g/mol. The van der Waals surface area contributed by atoms with Crippen LogP contribution in [-0.4, -0.2) is 28.9 Å². The average Bonchev–Trinajstić information content (AvgIpc) is 2.83. The summed E-state index contributed by atoms with van der Waals surface area (Å²) in [6.07, 6.45) is 3.41. The van der Waals surface area contributed by atoms with E-state index < -0.39 is 5.97 Å². The zero-order valence-electron chi connectivity index (χ0n) is 10.6. The third kappa shape index (κ3) is 2.09. The van der Waals surface area contributed by atoms with Crippen molar-refractivity contribution >= 4 is 5.97 Å². The van der Waals surface area contributed by atoms with Gasteiger partial charge in [0.05, 0.1) is 11.7 Å². The van der Waals surface area contributed by atoms with Gasteiger partial charge in [0, 0.05) is 24.5 Å². The quantitative estimate of drug-likeness (QED) is 0.879. The van der Waals surface area contributed by atoms with E-state index in [2.05, 4.69) is 4.57 Å². The Kier molecular flexibility index (Phi) is 3.24. The predicted molar refractivity (Wildman–Crippen MR) is 64.6 cm³/mol. The van der Waals surface area contributed by atoms with Gasteiger partial charge in [0.15, 0.2) is 0 Å². The first-order chi connectivity index (χ1) is 8.04. The zero-order valence-corrected chi connectivity index (χ0v) is 10.6. The summed E-state index contributed by atoms with van der Waals surface area (Å²) in [4.78, 5) is 11.1. The Hall–Kier alpha value is -1.29. The second-order valence-electron chi connectivity index (χ2n) is 4.78. The van der Waals surface area contributed by atoms with Gasteiger partial charge >= 0.3 is 5.97 Å². The number of hydrogen-bond acceptors (Lipinski definition) is 2. The first kappa shape index (κ1) is 12.2. The molecular formula is C13H19NO3. The summed E-state index contributed by atoms with van der Waals surface area (Å²) in [5.41, 5.74) is 2.31. The lowest BCUT2D eigenvalue weighted by atomic mass is 10.2. The predicted octanol–water partition coefficient (Wildman–Crippen LogP) is 2.54. The van der Waals surface area contributed by atoms with Gasteiger partial charge in [0.25, 0.3) is 0 Å². The molecule has 0 amide bonds. The maximum Gasteiger partial charge on any atom is 0.337 e. The number of carboxylic acid groups (broad SMARTS) is 1. The summed E-state index contributed by atoms with van der Waals surface area (Å²) >= 11 is 0. The van der Waals surface area contributed by atoms with E-state index in [0.717, 1.165) is 30.7 Å². The summed E-state index contributed by atoms with van der Waals surface area (Å²) in [6.45, 7) is 3.86. The molecule has 4 heteroatoms. The fraction of sp³-hybridized carbons (Fsp3) is 0.615. The number of carbonyl (C=O) groups is 1. The van der Waals surface area contributed by atoms with Crippen molar-refractivity contribution in [3.8, 4) is 0 Å². The van der Waals surface area contributed by atoms with E-state index in [1.807, 2.05) is 13.8 Å². The molecule has 0 bridgehead atoms. The molecule has 2 atom stereocenters. The molecule has 2 rings (SSSR count).